The van der Waals surface area contributed by atoms with Gasteiger partial charge in [-0.2, -0.15) is 0 Å². The van der Waals surface area contributed by atoms with Gasteiger partial charge in [-0.3, -0.25) is 0 Å². The van der Waals surface area contributed by atoms with E-state index in [1.165, 1.54) is 0 Å². The van der Waals surface area contributed by atoms with Gasteiger partial charge in [0.1, 0.15) is 5.75 Å². The van der Waals surface area contributed by atoms with Gasteiger partial charge >= 0.3 is 6.01 Å². The van der Waals surface area contributed by atoms with Gasteiger partial charge in [0.25, 0.3) is 5.89 Å². The maximum absolute atomic E-state index is 5.95. The lowest BCUT2D eigenvalue weighted by Gasteiger charge is -2.31. The molecule has 0 amide bonds. The van der Waals surface area contributed by atoms with E-state index in [-0.39, 0.29) is 6.10 Å². The van der Waals surface area contributed by atoms with Crippen molar-refractivity contribution in [3.63, 3.8) is 0 Å². The number of rotatable bonds is 8. The molecule has 1 aromatic heterocycles. The summed E-state index contributed by atoms with van der Waals surface area (Å²) in [4.78, 5) is 2.12. The molecule has 2 aromatic rings. The van der Waals surface area contributed by atoms with E-state index >= 15 is 0 Å². The minimum absolute atomic E-state index is 0.240. The maximum Gasteiger partial charge on any atom is 0.318 e. The van der Waals surface area contributed by atoms with Crippen LogP contribution in [0.3, 0.4) is 0 Å². The molecule has 0 bridgehead atoms. The van der Waals surface area contributed by atoms with Crippen LogP contribution in [0.15, 0.2) is 28.7 Å². The molecule has 1 fully saturated rings. The normalized spacial score (nSPS) is 17.7. The summed E-state index contributed by atoms with van der Waals surface area (Å²) in [5.74, 6) is 1.28. The standard InChI is InChI=1S/C19H27N3O3/c1-3-12-23-15-8-7-11-22(14-15)19-21-20-18(25-19)16-9-5-6-10-17(16)24-13-4-2/h5-6,9-10,15H,3-4,7-8,11-14H2,1-2H3. The van der Waals surface area contributed by atoms with Crippen molar-refractivity contribution in [1.82, 2.24) is 10.2 Å². The highest BCUT2D eigenvalue weighted by molar-refractivity contribution is 5.62. The zero-order chi connectivity index (χ0) is 17.5. The molecule has 2 heterocycles. The van der Waals surface area contributed by atoms with E-state index in [1.807, 2.05) is 24.3 Å². The number of hydrogen-bond donors (Lipinski definition) is 0. The van der Waals surface area contributed by atoms with Crippen LogP contribution in [0.25, 0.3) is 11.5 Å². The lowest BCUT2D eigenvalue weighted by atomic mass is 10.1. The Labute approximate surface area is 149 Å². The Bertz CT molecular complexity index is 659. The minimum Gasteiger partial charge on any atom is -0.493 e. The third-order valence-corrected chi connectivity index (χ3v) is 4.20. The zero-order valence-corrected chi connectivity index (χ0v) is 15.1. The van der Waals surface area contributed by atoms with Crippen molar-refractivity contribution in [2.75, 3.05) is 31.2 Å². The topological polar surface area (TPSA) is 60.6 Å². The van der Waals surface area contributed by atoms with Gasteiger partial charge in [0.05, 0.1) is 18.3 Å². The van der Waals surface area contributed by atoms with Crippen molar-refractivity contribution in [3.8, 4) is 17.2 Å². The van der Waals surface area contributed by atoms with Crippen molar-refractivity contribution in [1.29, 1.82) is 0 Å². The van der Waals surface area contributed by atoms with Crippen LogP contribution in [0, 0.1) is 0 Å². The Morgan fingerprint density at radius 3 is 2.84 bits per heavy atom. The summed E-state index contributed by atoms with van der Waals surface area (Å²) >= 11 is 0. The number of benzene rings is 1. The highest BCUT2D eigenvalue weighted by atomic mass is 16.5. The summed E-state index contributed by atoms with van der Waals surface area (Å²) in [5, 5.41) is 8.49. The van der Waals surface area contributed by atoms with Crippen molar-refractivity contribution < 1.29 is 13.9 Å². The fourth-order valence-corrected chi connectivity index (χ4v) is 2.97. The number of ether oxygens (including phenoxy) is 2. The van der Waals surface area contributed by atoms with Crippen LogP contribution in [0.1, 0.15) is 39.5 Å². The van der Waals surface area contributed by atoms with Crippen molar-refractivity contribution in [2.45, 2.75) is 45.6 Å². The van der Waals surface area contributed by atoms with Crippen LogP contribution in [0.4, 0.5) is 6.01 Å². The van der Waals surface area contributed by atoms with Gasteiger partial charge in [-0.05, 0) is 37.8 Å². The van der Waals surface area contributed by atoms with Crippen molar-refractivity contribution >= 4 is 6.01 Å². The monoisotopic (exact) mass is 345 g/mol. The van der Waals surface area contributed by atoms with Gasteiger partial charge < -0.3 is 18.8 Å². The van der Waals surface area contributed by atoms with E-state index in [1.54, 1.807) is 0 Å². The van der Waals surface area contributed by atoms with Gasteiger partial charge in [-0.25, -0.2) is 0 Å². The number of hydrogen-bond acceptors (Lipinski definition) is 6. The molecule has 1 saturated heterocycles. The van der Waals surface area contributed by atoms with Crippen LogP contribution in [-0.4, -0.2) is 42.6 Å². The van der Waals surface area contributed by atoms with E-state index in [0.717, 1.165) is 56.7 Å². The summed E-state index contributed by atoms with van der Waals surface area (Å²) in [6.07, 6.45) is 4.39. The minimum atomic E-state index is 0.240. The first-order valence-corrected chi connectivity index (χ1v) is 9.24. The molecule has 136 valence electrons. The fraction of sp³-hybridized carbons (Fsp3) is 0.579. The molecular weight excluding hydrogens is 318 g/mol. The molecule has 0 N–H and O–H groups in total. The summed E-state index contributed by atoms with van der Waals surface area (Å²) < 4.78 is 17.6. The molecule has 0 saturated carbocycles. The molecule has 0 aliphatic carbocycles. The van der Waals surface area contributed by atoms with Crippen LogP contribution in [-0.2, 0) is 4.74 Å². The average molecular weight is 345 g/mol. The maximum atomic E-state index is 5.95. The van der Waals surface area contributed by atoms with Gasteiger partial charge in [0.2, 0.25) is 0 Å². The Morgan fingerprint density at radius 2 is 2.00 bits per heavy atom. The molecule has 1 aliphatic heterocycles. The van der Waals surface area contributed by atoms with Crippen LogP contribution in [0.2, 0.25) is 0 Å². The predicted octanol–water partition coefficient (Wildman–Crippen LogP) is 3.92. The van der Waals surface area contributed by atoms with Gasteiger partial charge in [0.15, 0.2) is 0 Å². The number of anilines is 1. The second-order valence-electron chi connectivity index (χ2n) is 6.32. The first kappa shape index (κ1) is 17.7. The first-order chi connectivity index (χ1) is 12.3. The SMILES string of the molecule is CCCOc1ccccc1-c1nnc(N2CCCC(OCCC)C2)o1. The number of para-hydroxylation sites is 1. The van der Waals surface area contributed by atoms with Crippen molar-refractivity contribution in [2.24, 2.45) is 0 Å². The van der Waals surface area contributed by atoms with E-state index in [0.29, 0.717) is 18.5 Å². The Kier molecular flexibility index (Phi) is 6.28. The van der Waals surface area contributed by atoms with Gasteiger partial charge in [-0.15, -0.1) is 5.10 Å². The smallest absolute Gasteiger partial charge is 0.318 e. The number of aromatic nitrogens is 2. The summed E-state index contributed by atoms with van der Waals surface area (Å²) in [7, 11) is 0. The highest BCUT2D eigenvalue weighted by Crippen LogP contribution is 2.31. The molecule has 6 nitrogen and oxygen atoms in total. The Morgan fingerprint density at radius 1 is 1.16 bits per heavy atom. The molecule has 0 radical (unpaired) electrons. The third kappa shape index (κ3) is 4.51. The molecule has 1 unspecified atom stereocenters. The van der Waals surface area contributed by atoms with Crippen molar-refractivity contribution in [3.05, 3.63) is 24.3 Å². The summed E-state index contributed by atoms with van der Waals surface area (Å²) in [6, 6.07) is 8.35. The molecule has 0 spiro atoms. The second-order valence-corrected chi connectivity index (χ2v) is 6.32. The van der Waals surface area contributed by atoms with E-state index < -0.39 is 0 Å². The number of piperidine rings is 1. The lowest BCUT2D eigenvalue weighted by Crippen LogP contribution is -2.40. The lowest BCUT2D eigenvalue weighted by molar-refractivity contribution is 0.0431. The first-order valence-electron chi connectivity index (χ1n) is 9.24. The molecule has 3 rings (SSSR count). The highest BCUT2D eigenvalue weighted by Gasteiger charge is 2.25. The predicted molar refractivity (Wildman–Crippen MR) is 97.0 cm³/mol. The Balaban J connectivity index is 1.72. The van der Waals surface area contributed by atoms with Crippen LogP contribution >= 0.6 is 0 Å². The van der Waals surface area contributed by atoms with E-state index in [4.69, 9.17) is 13.9 Å². The summed E-state index contributed by atoms with van der Waals surface area (Å²) in [6.45, 7) is 7.40. The largest absolute Gasteiger partial charge is 0.493 e. The molecule has 25 heavy (non-hydrogen) atoms. The second kappa shape index (κ2) is 8.85. The fourth-order valence-electron chi connectivity index (χ4n) is 2.97. The van der Waals surface area contributed by atoms with E-state index in [2.05, 4.69) is 28.9 Å². The van der Waals surface area contributed by atoms with Gasteiger partial charge in [-0.1, -0.05) is 31.1 Å². The Hall–Kier alpha value is -2.08. The zero-order valence-electron chi connectivity index (χ0n) is 15.1. The average Bonchev–Trinajstić information content (AvgIpc) is 3.15. The van der Waals surface area contributed by atoms with Gasteiger partial charge in [0, 0.05) is 19.7 Å². The molecule has 1 aromatic carbocycles. The van der Waals surface area contributed by atoms with E-state index in [9.17, 15) is 0 Å². The quantitative estimate of drug-likeness (QED) is 0.723. The van der Waals surface area contributed by atoms with Crippen LogP contribution < -0.4 is 9.64 Å². The summed E-state index contributed by atoms with van der Waals surface area (Å²) in [5.41, 5.74) is 0.838. The third-order valence-electron chi connectivity index (χ3n) is 4.20. The molecule has 1 aliphatic rings. The molecular formula is C19H27N3O3. The molecule has 6 heteroatoms. The van der Waals surface area contributed by atoms with Crippen LogP contribution in [0.5, 0.6) is 5.75 Å². The molecule has 1 atom stereocenters. The number of nitrogens with zero attached hydrogens (tertiary/aromatic N) is 3.